The highest BCUT2D eigenvalue weighted by atomic mass is 32.1. The number of barbiturate groups is 1. The number of ether oxygens (including phenoxy) is 1. The maximum Gasteiger partial charge on any atom is 0.328 e. The number of anilines is 1. The third kappa shape index (κ3) is 2.78. The number of carbonyl (C=O) groups excluding carboxylic acids is 3. The van der Waals surface area contributed by atoms with E-state index in [-0.39, 0.29) is 40.9 Å². The first kappa shape index (κ1) is 20.9. The van der Waals surface area contributed by atoms with E-state index in [1.165, 1.54) is 11.0 Å². The maximum absolute atomic E-state index is 15.5. The molecule has 1 unspecified atom stereocenters. The molecule has 4 heterocycles. The third-order valence-corrected chi connectivity index (χ3v) is 7.06. The number of fused-ring (bicyclic) bond motifs is 4. The maximum atomic E-state index is 15.5. The largest absolute Gasteiger partial charge is 0.372 e. The number of benzene rings is 1. The number of urea groups is 1. The SMILES string of the molecule is Cc1nsc(-c2cc3c(c(F)c2F)N2C[C@H](C)O[C@H](C)C2C2(C3)C(=O)NC(=O)NC2=O)n1. The van der Waals surface area contributed by atoms with E-state index in [4.69, 9.17) is 4.74 Å². The molecular weight excluding hydrogens is 444 g/mol. The van der Waals surface area contributed by atoms with E-state index in [2.05, 4.69) is 20.0 Å². The topological polar surface area (TPSA) is 114 Å². The fourth-order valence-corrected chi connectivity index (χ4v) is 5.78. The van der Waals surface area contributed by atoms with Crippen LogP contribution in [0, 0.1) is 24.0 Å². The fourth-order valence-electron chi connectivity index (χ4n) is 5.10. The number of amides is 4. The lowest BCUT2D eigenvalue weighted by atomic mass is 9.66. The summed E-state index contributed by atoms with van der Waals surface area (Å²) < 4.78 is 40.6. The molecule has 2 N–H and O–H groups in total. The number of aromatic nitrogens is 2. The second kappa shape index (κ2) is 7.01. The number of nitrogens with one attached hydrogen (secondary N) is 2. The number of morpholine rings is 1. The number of hydrogen-bond donors (Lipinski definition) is 2. The first-order valence-electron chi connectivity index (χ1n) is 10.0. The Hall–Kier alpha value is -2.99. The van der Waals surface area contributed by atoms with Gasteiger partial charge in [0.05, 0.1) is 29.5 Å². The smallest absolute Gasteiger partial charge is 0.328 e. The van der Waals surface area contributed by atoms with Crippen LogP contribution in [0.2, 0.25) is 0 Å². The Morgan fingerprint density at radius 3 is 2.50 bits per heavy atom. The van der Waals surface area contributed by atoms with Crippen LogP contribution in [0.15, 0.2) is 6.07 Å². The minimum Gasteiger partial charge on any atom is -0.372 e. The molecule has 9 nitrogen and oxygen atoms in total. The Kier molecular flexibility index (Phi) is 4.57. The zero-order valence-corrected chi connectivity index (χ0v) is 18.2. The molecule has 12 heteroatoms. The number of rotatable bonds is 1. The van der Waals surface area contributed by atoms with E-state index in [0.29, 0.717) is 5.82 Å². The molecule has 1 aromatic carbocycles. The molecule has 4 amide bonds. The van der Waals surface area contributed by atoms with Gasteiger partial charge in [0.15, 0.2) is 17.0 Å². The number of halogens is 2. The molecule has 3 atom stereocenters. The predicted octanol–water partition coefficient (Wildman–Crippen LogP) is 1.68. The first-order chi connectivity index (χ1) is 15.1. The van der Waals surface area contributed by atoms with Gasteiger partial charge in [-0.3, -0.25) is 20.2 Å². The number of aryl methyl sites for hydroxylation is 1. The normalized spacial score (nSPS) is 26.5. The van der Waals surface area contributed by atoms with Crippen molar-refractivity contribution < 1.29 is 27.9 Å². The van der Waals surface area contributed by atoms with Crippen molar-refractivity contribution in [1.82, 2.24) is 20.0 Å². The second-order valence-electron chi connectivity index (χ2n) is 8.34. The molecule has 5 rings (SSSR count). The van der Waals surface area contributed by atoms with Crippen molar-refractivity contribution in [2.75, 3.05) is 11.4 Å². The van der Waals surface area contributed by atoms with E-state index in [1.807, 2.05) is 0 Å². The molecule has 0 radical (unpaired) electrons. The van der Waals surface area contributed by atoms with Crippen LogP contribution in [0.3, 0.4) is 0 Å². The summed E-state index contributed by atoms with van der Waals surface area (Å²) >= 11 is 0.924. The standard InChI is InChI=1S/C20H19F2N5O4S/c1-7-6-27-14-10(4-11(12(21)13(14)22)16-23-9(3)26-32-16)5-20(15(27)8(2)31-7)17(28)24-19(30)25-18(20)29/h4,7-8,15H,5-6H2,1-3H3,(H2,24,25,28,29,30)/t7-,8+,15?/m0/s1. The second-order valence-corrected chi connectivity index (χ2v) is 9.09. The highest BCUT2D eigenvalue weighted by Crippen LogP contribution is 2.49. The zero-order chi connectivity index (χ0) is 22.9. The summed E-state index contributed by atoms with van der Waals surface area (Å²) in [6, 6.07) is -0.452. The zero-order valence-electron chi connectivity index (χ0n) is 17.4. The molecule has 2 fully saturated rings. The Labute approximate surface area is 185 Å². The highest BCUT2D eigenvalue weighted by molar-refractivity contribution is 7.09. The van der Waals surface area contributed by atoms with E-state index in [9.17, 15) is 14.4 Å². The molecule has 0 saturated carbocycles. The molecule has 2 saturated heterocycles. The summed E-state index contributed by atoms with van der Waals surface area (Å²) in [5, 5.41) is 4.51. The summed E-state index contributed by atoms with van der Waals surface area (Å²) in [6.45, 7) is 5.21. The van der Waals surface area contributed by atoms with E-state index >= 15 is 8.78 Å². The molecule has 1 aromatic heterocycles. The Morgan fingerprint density at radius 1 is 1.19 bits per heavy atom. The van der Waals surface area contributed by atoms with Gasteiger partial charge in [-0.1, -0.05) is 0 Å². The van der Waals surface area contributed by atoms with Crippen molar-refractivity contribution >= 4 is 35.1 Å². The third-order valence-electron chi connectivity index (χ3n) is 6.22. The van der Waals surface area contributed by atoms with Gasteiger partial charge in [0.25, 0.3) is 0 Å². The number of imide groups is 2. The van der Waals surface area contributed by atoms with Crippen LogP contribution in [0.25, 0.3) is 10.6 Å². The molecular formula is C20H19F2N5O4S. The number of hydrogen-bond acceptors (Lipinski definition) is 8. The molecule has 0 bridgehead atoms. The van der Waals surface area contributed by atoms with Gasteiger partial charge in [0, 0.05) is 13.0 Å². The predicted molar refractivity (Wildman–Crippen MR) is 109 cm³/mol. The van der Waals surface area contributed by atoms with Crippen molar-refractivity contribution in [3.05, 3.63) is 29.1 Å². The molecule has 3 aliphatic heterocycles. The Morgan fingerprint density at radius 2 is 1.88 bits per heavy atom. The van der Waals surface area contributed by atoms with E-state index < -0.39 is 47.0 Å². The quantitative estimate of drug-likeness (QED) is 0.619. The summed E-state index contributed by atoms with van der Waals surface area (Å²) in [7, 11) is 0. The average Bonchev–Trinajstić information content (AvgIpc) is 3.14. The summed E-state index contributed by atoms with van der Waals surface area (Å²) in [5.74, 6) is -3.34. The number of nitrogens with zero attached hydrogens (tertiary/aromatic N) is 3. The van der Waals surface area contributed by atoms with Crippen LogP contribution in [0.1, 0.15) is 25.2 Å². The minimum absolute atomic E-state index is 0.0115. The van der Waals surface area contributed by atoms with Crippen molar-refractivity contribution in [3.8, 4) is 10.6 Å². The van der Waals surface area contributed by atoms with Gasteiger partial charge in [-0.15, -0.1) is 0 Å². The van der Waals surface area contributed by atoms with Gasteiger partial charge in [0.2, 0.25) is 11.8 Å². The van der Waals surface area contributed by atoms with Crippen molar-refractivity contribution in [3.63, 3.8) is 0 Å². The van der Waals surface area contributed by atoms with Crippen LogP contribution >= 0.6 is 11.5 Å². The fraction of sp³-hybridized carbons (Fsp3) is 0.450. The van der Waals surface area contributed by atoms with Gasteiger partial charge in [-0.05, 0) is 43.9 Å². The van der Waals surface area contributed by atoms with Gasteiger partial charge < -0.3 is 9.64 Å². The van der Waals surface area contributed by atoms with Crippen LogP contribution < -0.4 is 15.5 Å². The molecule has 0 aliphatic carbocycles. The van der Waals surface area contributed by atoms with Crippen LogP contribution in [0.4, 0.5) is 19.3 Å². The molecule has 168 valence electrons. The van der Waals surface area contributed by atoms with Gasteiger partial charge in [-0.2, -0.15) is 4.37 Å². The van der Waals surface area contributed by atoms with Gasteiger partial charge in [-0.25, -0.2) is 18.6 Å². The lowest BCUT2D eigenvalue weighted by molar-refractivity contribution is -0.153. The first-order valence-corrected chi connectivity index (χ1v) is 10.8. The molecule has 1 spiro atoms. The van der Waals surface area contributed by atoms with Crippen molar-refractivity contribution in [2.45, 2.75) is 45.4 Å². The molecule has 2 aromatic rings. The molecule has 32 heavy (non-hydrogen) atoms. The van der Waals surface area contributed by atoms with Crippen LogP contribution in [0.5, 0.6) is 0 Å². The monoisotopic (exact) mass is 463 g/mol. The van der Waals surface area contributed by atoms with Crippen LogP contribution in [-0.2, 0) is 20.7 Å². The summed E-state index contributed by atoms with van der Waals surface area (Å²) in [4.78, 5) is 43.7. The summed E-state index contributed by atoms with van der Waals surface area (Å²) in [5.41, 5.74) is -1.60. The minimum atomic E-state index is -1.76. The number of carbonyl (C=O) groups is 3. The summed E-state index contributed by atoms with van der Waals surface area (Å²) in [6.07, 6.45) is -1.28. The van der Waals surface area contributed by atoms with Crippen molar-refractivity contribution in [2.24, 2.45) is 5.41 Å². The lowest BCUT2D eigenvalue weighted by Crippen LogP contribution is -2.75. The van der Waals surface area contributed by atoms with Gasteiger partial charge >= 0.3 is 6.03 Å². The Bertz CT molecular complexity index is 1160. The van der Waals surface area contributed by atoms with E-state index in [1.54, 1.807) is 20.8 Å². The van der Waals surface area contributed by atoms with Crippen LogP contribution in [-0.4, -0.2) is 52.0 Å². The Balaban J connectivity index is 1.75. The van der Waals surface area contributed by atoms with Gasteiger partial charge in [0.1, 0.15) is 10.8 Å². The average molecular weight is 463 g/mol. The van der Waals surface area contributed by atoms with E-state index in [0.717, 1.165) is 11.5 Å². The lowest BCUT2D eigenvalue weighted by Gasteiger charge is -2.55. The van der Waals surface area contributed by atoms with Crippen molar-refractivity contribution in [1.29, 1.82) is 0 Å². The molecule has 3 aliphatic rings. The highest BCUT2D eigenvalue weighted by Gasteiger charge is 2.63.